The molecule has 0 unspecified atom stereocenters. The summed E-state index contributed by atoms with van der Waals surface area (Å²) in [5, 5.41) is 23.6. The van der Waals surface area contributed by atoms with E-state index in [1.54, 1.807) is 25.1 Å². The highest BCUT2D eigenvalue weighted by Crippen LogP contribution is 2.30. The fraction of sp³-hybridized carbons (Fsp3) is 0.222. The summed E-state index contributed by atoms with van der Waals surface area (Å²) in [7, 11) is 0. The molecule has 3 N–H and O–H groups in total. The van der Waals surface area contributed by atoms with E-state index in [0.29, 0.717) is 23.8 Å². The van der Waals surface area contributed by atoms with E-state index in [1.807, 2.05) is 31.2 Å². The first-order valence-corrected chi connectivity index (χ1v) is 7.53. The number of aromatic nitrogens is 2. The quantitative estimate of drug-likeness (QED) is 0.690. The molecule has 1 aromatic heterocycles. The van der Waals surface area contributed by atoms with Crippen LogP contribution in [0.15, 0.2) is 42.5 Å². The molecule has 5 heteroatoms. The molecule has 3 aromatic rings. The number of aliphatic hydroxyl groups is 1. The van der Waals surface area contributed by atoms with Gasteiger partial charge in [-0.15, -0.1) is 0 Å². The van der Waals surface area contributed by atoms with Crippen molar-refractivity contribution in [3.63, 3.8) is 0 Å². The van der Waals surface area contributed by atoms with Crippen LogP contribution in [-0.2, 0) is 0 Å². The summed E-state index contributed by atoms with van der Waals surface area (Å²) < 4.78 is 0. The van der Waals surface area contributed by atoms with Crippen LogP contribution in [0.3, 0.4) is 0 Å². The van der Waals surface area contributed by atoms with Gasteiger partial charge in [-0.25, -0.2) is 9.97 Å². The van der Waals surface area contributed by atoms with Crippen molar-refractivity contribution in [1.29, 1.82) is 0 Å². The number of aliphatic hydroxyl groups excluding tert-OH is 1. The summed E-state index contributed by atoms with van der Waals surface area (Å²) >= 11 is 0. The van der Waals surface area contributed by atoms with Crippen molar-refractivity contribution in [2.24, 2.45) is 0 Å². The predicted octanol–water partition coefficient (Wildman–Crippen LogP) is 3.10. The predicted molar refractivity (Wildman–Crippen MR) is 91.5 cm³/mol. The molecule has 23 heavy (non-hydrogen) atoms. The highest BCUT2D eigenvalue weighted by molar-refractivity contribution is 5.91. The Morgan fingerprint density at radius 2 is 1.91 bits per heavy atom. The number of nitrogens with one attached hydrogen (secondary N) is 1. The van der Waals surface area contributed by atoms with Gasteiger partial charge in [0.05, 0.1) is 17.2 Å². The van der Waals surface area contributed by atoms with Crippen molar-refractivity contribution in [2.75, 3.05) is 11.9 Å². The first kappa shape index (κ1) is 15.2. The zero-order valence-electron chi connectivity index (χ0n) is 13.1. The number of hydrogen-bond acceptors (Lipinski definition) is 5. The average molecular weight is 309 g/mol. The van der Waals surface area contributed by atoms with Crippen molar-refractivity contribution in [2.45, 2.75) is 20.0 Å². The Bertz CT molecular complexity index is 847. The third kappa shape index (κ3) is 3.24. The summed E-state index contributed by atoms with van der Waals surface area (Å²) in [6.07, 6.45) is -0.487. The van der Waals surface area contributed by atoms with E-state index < -0.39 is 6.10 Å². The van der Waals surface area contributed by atoms with Crippen LogP contribution in [0.2, 0.25) is 0 Å². The standard InChI is InChI=1S/C18H19N3O2/c1-11-7-8-13-15(9-11)20-18(14-5-3-4-6-16(14)23)21-17(13)19-10-12(2)22/h3-9,12,22-23H,10H2,1-2H3,(H,19,20,21)/t12-/m0/s1. The second kappa shape index (κ2) is 6.22. The van der Waals surface area contributed by atoms with E-state index in [9.17, 15) is 10.2 Å². The Morgan fingerprint density at radius 1 is 1.13 bits per heavy atom. The SMILES string of the molecule is Cc1ccc2c(NC[C@H](C)O)nc(-c3ccccc3O)nc2c1. The van der Waals surface area contributed by atoms with Gasteiger partial charge in [0.2, 0.25) is 0 Å². The molecule has 0 amide bonds. The van der Waals surface area contributed by atoms with Crippen LogP contribution in [0.25, 0.3) is 22.3 Å². The Morgan fingerprint density at radius 3 is 2.65 bits per heavy atom. The zero-order valence-corrected chi connectivity index (χ0v) is 13.1. The molecular formula is C18H19N3O2. The van der Waals surface area contributed by atoms with Gasteiger partial charge >= 0.3 is 0 Å². The number of rotatable bonds is 4. The maximum atomic E-state index is 10.1. The number of hydrogen-bond donors (Lipinski definition) is 3. The van der Waals surface area contributed by atoms with Crippen molar-refractivity contribution in [3.8, 4) is 17.1 Å². The minimum absolute atomic E-state index is 0.140. The molecular weight excluding hydrogens is 290 g/mol. The molecule has 0 radical (unpaired) electrons. The number of benzene rings is 2. The highest BCUT2D eigenvalue weighted by atomic mass is 16.3. The summed E-state index contributed by atoms with van der Waals surface area (Å²) in [5.74, 6) is 1.24. The topological polar surface area (TPSA) is 78.3 Å². The van der Waals surface area contributed by atoms with Gasteiger partial charge in [0.15, 0.2) is 5.82 Å². The fourth-order valence-electron chi connectivity index (χ4n) is 2.40. The average Bonchev–Trinajstić information content (AvgIpc) is 2.52. The maximum Gasteiger partial charge on any atom is 0.165 e. The van der Waals surface area contributed by atoms with Gasteiger partial charge in [-0.1, -0.05) is 18.2 Å². The van der Waals surface area contributed by atoms with Crippen LogP contribution in [0, 0.1) is 6.92 Å². The maximum absolute atomic E-state index is 10.1. The molecule has 0 spiro atoms. The highest BCUT2D eigenvalue weighted by Gasteiger charge is 2.12. The van der Waals surface area contributed by atoms with Crippen LogP contribution in [0.5, 0.6) is 5.75 Å². The Kier molecular flexibility index (Phi) is 4.12. The van der Waals surface area contributed by atoms with Crippen molar-refractivity contribution in [3.05, 3.63) is 48.0 Å². The normalized spacial score (nSPS) is 12.3. The summed E-state index contributed by atoms with van der Waals surface area (Å²) in [5.41, 5.74) is 2.48. The van der Waals surface area contributed by atoms with E-state index in [1.165, 1.54) is 0 Å². The molecule has 0 aliphatic heterocycles. The smallest absolute Gasteiger partial charge is 0.165 e. The van der Waals surface area contributed by atoms with Crippen LogP contribution >= 0.6 is 0 Å². The van der Waals surface area contributed by atoms with Crippen LogP contribution < -0.4 is 5.32 Å². The van der Waals surface area contributed by atoms with Crippen molar-refractivity contribution < 1.29 is 10.2 Å². The van der Waals surface area contributed by atoms with Crippen LogP contribution in [0.1, 0.15) is 12.5 Å². The van der Waals surface area contributed by atoms with Gasteiger partial charge in [0.25, 0.3) is 0 Å². The molecule has 3 rings (SSSR count). The Labute approximate surface area is 134 Å². The van der Waals surface area contributed by atoms with E-state index in [2.05, 4.69) is 15.3 Å². The van der Waals surface area contributed by atoms with E-state index in [0.717, 1.165) is 16.5 Å². The van der Waals surface area contributed by atoms with Gasteiger partial charge in [-0.3, -0.25) is 0 Å². The third-order valence-corrected chi connectivity index (χ3v) is 3.56. The van der Waals surface area contributed by atoms with Crippen LogP contribution in [0.4, 0.5) is 5.82 Å². The lowest BCUT2D eigenvalue weighted by atomic mass is 10.1. The van der Waals surface area contributed by atoms with E-state index in [-0.39, 0.29) is 5.75 Å². The third-order valence-electron chi connectivity index (χ3n) is 3.56. The summed E-state index contributed by atoms with van der Waals surface area (Å²) in [4.78, 5) is 9.12. The van der Waals surface area contributed by atoms with Crippen molar-refractivity contribution >= 4 is 16.7 Å². The first-order chi connectivity index (χ1) is 11.0. The first-order valence-electron chi connectivity index (χ1n) is 7.53. The minimum Gasteiger partial charge on any atom is -0.507 e. The zero-order chi connectivity index (χ0) is 16.4. The molecule has 0 saturated carbocycles. The molecule has 0 fully saturated rings. The number of nitrogens with zero attached hydrogens (tertiary/aromatic N) is 2. The number of phenolic OH excluding ortho intramolecular Hbond substituents is 1. The second-order valence-electron chi connectivity index (χ2n) is 5.66. The molecule has 118 valence electrons. The summed E-state index contributed by atoms with van der Waals surface area (Å²) in [6.45, 7) is 4.11. The van der Waals surface area contributed by atoms with E-state index in [4.69, 9.17) is 0 Å². The number of anilines is 1. The lowest BCUT2D eigenvalue weighted by molar-refractivity contribution is 0.208. The molecule has 0 saturated heterocycles. The monoisotopic (exact) mass is 309 g/mol. The lowest BCUT2D eigenvalue weighted by Gasteiger charge is -2.13. The molecule has 1 atom stereocenters. The fourth-order valence-corrected chi connectivity index (χ4v) is 2.40. The van der Waals surface area contributed by atoms with Gasteiger partial charge in [0, 0.05) is 11.9 Å². The Balaban J connectivity index is 2.17. The number of aryl methyl sites for hydroxylation is 1. The van der Waals surface area contributed by atoms with Crippen LogP contribution in [-0.4, -0.2) is 32.8 Å². The number of fused-ring (bicyclic) bond motifs is 1. The molecule has 0 bridgehead atoms. The minimum atomic E-state index is -0.487. The van der Waals surface area contributed by atoms with Gasteiger partial charge in [-0.05, 0) is 43.7 Å². The van der Waals surface area contributed by atoms with Crippen molar-refractivity contribution in [1.82, 2.24) is 9.97 Å². The Hall–Kier alpha value is -2.66. The largest absolute Gasteiger partial charge is 0.507 e. The van der Waals surface area contributed by atoms with Gasteiger partial charge in [0.1, 0.15) is 11.6 Å². The lowest BCUT2D eigenvalue weighted by Crippen LogP contribution is -2.16. The van der Waals surface area contributed by atoms with E-state index >= 15 is 0 Å². The molecule has 1 heterocycles. The number of aromatic hydroxyl groups is 1. The van der Waals surface area contributed by atoms with Gasteiger partial charge < -0.3 is 15.5 Å². The number of para-hydroxylation sites is 1. The summed E-state index contributed by atoms with van der Waals surface area (Å²) in [6, 6.07) is 12.9. The molecule has 2 aromatic carbocycles. The molecule has 0 aliphatic rings. The molecule has 5 nitrogen and oxygen atoms in total. The number of phenols is 1. The molecule has 0 aliphatic carbocycles. The second-order valence-corrected chi connectivity index (χ2v) is 5.66. The van der Waals surface area contributed by atoms with Gasteiger partial charge in [-0.2, -0.15) is 0 Å².